The number of nitrogens with zero attached hydrogens (tertiary/aromatic N) is 1. The van der Waals surface area contributed by atoms with Crippen molar-refractivity contribution >= 4 is 0 Å². The molecule has 0 atom stereocenters. The van der Waals surface area contributed by atoms with Gasteiger partial charge in [-0.15, -0.1) is 0 Å². The Balaban J connectivity index is 0. The van der Waals surface area contributed by atoms with Crippen LogP contribution in [0.1, 0.15) is 6.92 Å². The molecule has 0 fully saturated rings. The zero-order valence-electron chi connectivity index (χ0n) is 6.79. The average Bonchev–Trinajstić information content (AvgIpc) is 2.06. The van der Waals surface area contributed by atoms with Crippen molar-refractivity contribution < 1.29 is 4.74 Å². The summed E-state index contributed by atoms with van der Waals surface area (Å²) < 4.78 is 4.82. The van der Waals surface area contributed by atoms with E-state index in [0.29, 0.717) is 0 Å². The first-order valence-electron chi connectivity index (χ1n) is 3.23. The minimum absolute atomic E-state index is 0.727. The highest BCUT2D eigenvalue weighted by molar-refractivity contribution is 4.93. The number of hydrogen-bond donors (Lipinski definition) is 0. The van der Waals surface area contributed by atoms with Gasteiger partial charge in [0.15, 0.2) is 0 Å². The molecule has 0 aromatic heterocycles. The molecule has 0 heterocycles. The third-order valence-electron chi connectivity index (χ3n) is 0.569. The van der Waals surface area contributed by atoms with Crippen LogP contribution in [0.25, 0.3) is 0 Å². The van der Waals surface area contributed by atoms with Gasteiger partial charge in [-0.1, -0.05) is 19.2 Å². The van der Waals surface area contributed by atoms with Crippen LogP contribution in [0.3, 0.4) is 0 Å². The molecule has 0 radical (unpaired) electrons. The fourth-order valence-corrected chi connectivity index (χ4v) is 0.207. The van der Waals surface area contributed by atoms with E-state index in [4.69, 9.17) is 10.00 Å². The molecular weight excluding hydrogens is 138 g/mol. The quantitative estimate of drug-likeness (QED) is 0.352. The van der Waals surface area contributed by atoms with Crippen molar-refractivity contribution in [2.75, 3.05) is 6.61 Å². The molecule has 0 bridgehead atoms. The second-order valence-corrected chi connectivity index (χ2v) is 1.35. The molecule has 0 spiro atoms. The van der Waals surface area contributed by atoms with Gasteiger partial charge in [0.2, 0.25) is 0 Å². The Hall–Kier alpha value is -1.49. The Bertz CT molecular complexity index is 153. The second kappa shape index (κ2) is 15.8. The monoisotopic (exact) mass is 151 g/mol. The number of nitriles is 1. The predicted octanol–water partition coefficient (Wildman–Crippen LogP) is 2.42. The van der Waals surface area contributed by atoms with Crippen LogP contribution < -0.4 is 0 Å². The maximum absolute atomic E-state index is 7.51. The molecule has 0 rings (SSSR count). The van der Waals surface area contributed by atoms with Gasteiger partial charge in [-0.2, -0.15) is 5.26 Å². The lowest BCUT2D eigenvalue weighted by Gasteiger charge is -1.87. The third-order valence-corrected chi connectivity index (χ3v) is 0.569. The van der Waals surface area contributed by atoms with E-state index in [9.17, 15) is 0 Å². The maximum atomic E-state index is 7.51. The Morgan fingerprint density at radius 2 is 2.09 bits per heavy atom. The van der Waals surface area contributed by atoms with Crippen LogP contribution in [-0.4, -0.2) is 6.61 Å². The van der Waals surface area contributed by atoms with Crippen LogP contribution in [0.5, 0.6) is 0 Å². The summed E-state index contributed by atoms with van der Waals surface area (Å²) in [6, 6.07) is 1.69. The first-order valence-corrected chi connectivity index (χ1v) is 3.23. The highest BCUT2D eigenvalue weighted by atomic mass is 16.5. The van der Waals surface area contributed by atoms with E-state index in [-0.39, 0.29) is 0 Å². The van der Waals surface area contributed by atoms with E-state index >= 15 is 0 Å². The van der Waals surface area contributed by atoms with Crippen molar-refractivity contribution in [3.05, 3.63) is 37.6 Å². The Kier molecular flexibility index (Phi) is 17.5. The van der Waals surface area contributed by atoms with Gasteiger partial charge in [0.1, 0.15) is 0 Å². The minimum Gasteiger partial charge on any atom is -0.501 e. The number of rotatable bonds is 3. The molecule has 0 unspecified atom stereocenters. The maximum Gasteiger partial charge on any atom is 0.0905 e. The number of hydrogen-bond acceptors (Lipinski definition) is 2. The molecule has 60 valence electrons. The molecule has 0 aliphatic heterocycles. The molecule has 2 heteroatoms. The largest absolute Gasteiger partial charge is 0.501 e. The summed E-state index contributed by atoms with van der Waals surface area (Å²) in [5, 5.41) is 7.51. The van der Waals surface area contributed by atoms with Crippen molar-refractivity contribution in [3.8, 4) is 6.07 Å². The Morgan fingerprint density at radius 3 is 2.36 bits per heavy atom. The first kappa shape index (κ1) is 12.2. The molecule has 0 amide bonds. The smallest absolute Gasteiger partial charge is 0.0905 e. The molecule has 0 saturated carbocycles. The van der Waals surface area contributed by atoms with Gasteiger partial charge in [-0.05, 0) is 13.0 Å². The second-order valence-electron chi connectivity index (χ2n) is 1.35. The lowest BCUT2D eigenvalue weighted by molar-refractivity contribution is 0.269. The highest BCUT2D eigenvalue weighted by Crippen LogP contribution is 1.74. The van der Waals surface area contributed by atoms with Crippen molar-refractivity contribution in [1.29, 1.82) is 5.26 Å². The first-order chi connectivity index (χ1) is 5.33. The fourth-order valence-electron chi connectivity index (χ4n) is 0.207. The van der Waals surface area contributed by atoms with Gasteiger partial charge in [-0.25, -0.2) is 0 Å². The van der Waals surface area contributed by atoms with Crippen LogP contribution in [0.2, 0.25) is 0 Å². The molecule has 0 aliphatic carbocycles. The minimum atomic E-state index is 0.727. The van der Waals surface area contributed by atoms with E-state index in [1.54, 1.807) is 24.5 Å². The van der Waals surface area contributed by atoms with Crippen LogP contribution in [-0.2, 0) is 4.74 Å². The normalized spacial score (nSPS) is 7.27. The number of allylic oxidation sites excluding steroid dienone is 3. The molecule has 0 aliphatic rings. The van der Waals surface area contributed by atoms with E-state index in [0.717, 1.165) is 6.61 Å². The average molecular weight is 151 g/mol. The lowest BCUT2D eigenvalue weighted by Crippen LogP contribution is -1.73. The summed E-state index contributed by atoms with van der Waals surface area (Å²) in [4.78, 5) is 0. The van der Waals surface area contributed by atoms with Crippen molar-refractivity contribution in [2.24, 2.45) is 0 Å². The SMILES string of the molecule is C=CC#N.C=CC=COCC. The van der Waals surface area contributed by atoms with E-state index < -0.39 is 0 Å². The molecule has 11 heavy (non-hydrogen) atoms. The predicted molar refractivity (Wildman–Crippen MR) is 46.8 cm³/mol. The van der Waals surface area contributed by atoms with Gasteiger partial charge in [-0.3, -0.25) is 0 Å². The standard InChI is InChI=1S/C6H10O.C3H3N/c1-3-5-6-7-4-2;1-2-3-4/h3,5-6H,1,4H2,2H3;2H,1H2. The highest BCUT2D eigenvalue weighted by Gasteiger charge is 1.61. The van der Waals surface area contributed by atoms with Gasteiger partial charge in [0.05, 0.1) is 18.9 Å². The van der Waals surface area contributed by atoms with Gasteiger partial charge in [0.25, 0.3) is 0 Å². The summed E-state index contributed by atoms with van der Waals surface area (Å²) in [5.74, 6) is 0. The summed E-state index contributed by atoms with van der Waals surface area (Å²) in [7, 11) is 0. The Morgan fingerprint density at radius 1 is 1.55 bits per heavy atom. The van der Waals surface area contributed by atoms with E-state index in [1.165, 1.54) is 6.08 Å². The molecule has 0 saturated heterocycles. The van der Waals surface area contributed by atoms with Gasteiger partial charge >= 0.3 is 0 Å². The molecule has 0 aromatic rings. The van der Waals surface area contributed by atoms with Crippen LogP contribution >= 0.6 is 0 Å². The third kappa shape index (κ3) is 29.3. The fraction of sp³-hybridized carbons (Fsp3) is 0.222. The van der Waals surface area contributed by atoms with Crippen molar-refractivity contribution in [1.82, 2.24) is 0 Å². The zero-order chi connectivity index (χ0) is 8.95. The van der Waals surface area contributed by atoms with Gasteiger partial charge < -0.3 is 4.74 Å². The molecule has 2 nitrogen and oxygen atoms in total. The topological polar surface area (TPSA) is 33.0 Å². The van der Waals surface area contributed by atoms with E-state index in [1.807, 2.05) is 6.92 Å². The van der Waals surface area contributed by atoms with Crippen molar-refractivity contribution in [2.45, 2.75) is 6.92 Å². The summed E-state index contributed by atoms with van der Waals surface area (Å²) in [5.41, 5.74) is 0. The van der Waals surface area contributed by atoms with Crippen molar-refractivity contribution in [3.63, 3.8) is 0 Å². The lowest BCUT2D eigenvalue weighted by atomic mass is 10.6. The van der Waals surface area contributed by atoms with Gasteiger partial charge in [0, 0.05) is 6.08 Å². The Labute approximate surface area is 68.1 Å². The van der Waals surface area contributed by atoms with Crippen LogP contribution in [0, 0.1) is 11.3 Å². The summed E-state index contributed by atoms with van der Waals surface area (Å²) >= 11 is 0. The molecule has 0 aromatic carbocycles. The summed E-state index contributed by atoms with van der Waals surface area (Å²) in [6.07, 6.45) is 6.23. The van der Waals surface area contributed by atoms with E-state index in [2.05, 4.69) is 13.2 Å². The molecule has 0 N–H and O–H groups in total. The molecular formula is C9H13NO. The zero-order valence-corrected chi connectivity index (χ0v) is 6.79. The van der Waals surface area contributed by atoms with Crippen LogP contribution in [0.4, 0.5) is 0 Å². The summed E-state index contributed by atoms with van der Waals surface area (Å²) in [6.45, 7) is 9.25. The van der Waals surface area contributed by atoms with Crippen LogP contribution in [0.15, 0.2) is 37.6 Å². The number of ether oxygens (including phenoxy) is 1.